The van der Waals surface area contributed by atoms with E-state index in [1.165, 1.54) is 30.3 Å². The predicted octanol–water partition coefficient (Wildman–Crippen LogP) is 4.12. The molecule has 0 spiro atoms. The average molecular weight is 796 g/mol. The molecule has 4 saturated carbocycles. The van der Waals surface area contributed by atoms with Crippen LogP contribution in [0.25, 0.3) is 10.8 Å². The zero-order valence-electron chi connectivity index (χ0n) is 31.9. The third-order valence-corrected chi connectivity index (χ3v) is 14.5. The molecule has 4 amide bonds. The van der Waals surface area contributed by atoms with Crippen molar-refractivity contribution in [1.29, 1.82) is 0 Å². The Balaban J connectivity index is 1.11. The number of nitrogens with zero attached hydrogens (tertiary/aromatic N) is 2. The molecular weight excluding hydrogens is 746 g/mol. The van der Waals surface area contributed by atoms with Crippen molar-refractivity contribution >= 4 is 44.6 Å². The van der Waals surface area contributed by atoms with Gasteiger partial charge in [-0.3, -0.25) is 19.1 Å². The number of nitrogens with one attached hydrogen (secondary N) is 3. The van der Waals surface area contributed by atoms with E-state index in [0.29, 0.717) is 48.3 Å². The van der Waals surface area contributed by atoms with E-state index < -0.39 is 74.5 Å². The summed E-state index contributed by atoms with van der Waals surface area (Å²) >= 11 is 0. The van der Waals surface area contributed by atoms with E-state index in [2.05, 4.69) is 27.3 Å². The van der Waals surface area contributed by atoms with Gasteiger partial charge < -0.3 is 29.7 Å². The number of pyridine rings is 1. The number of sulfonamides is 1. The molecule has 1 unspecified atom stereocenters. The van der Waals surface area contributed by atoms with E-state index in [1.54, 1.807) is 6.07 Å². The van der Waals surface area contributed by atoms with Crippen molar-refractivity contribution in [3.63, 3.8) is 0 Å². The molecule has 1 aromatic carbocycles. The predicted molar refractivity (Wildman–Crippen MR) is 201 cm³/mol. The molecule has 1 aromatic heterocycles. The van der Waals surface area contributed by atoms with Crippen molar-refractivity contribution in [2.24, 2.45) is 29.6 Å². The second kappa shape index (κ2) is 14.8. The monoisotopic (exact) mass is 795 g/mol. The Kier molecular flexibility index (Phi) is 10.1. The number of alkyl carbamates (subject to hydrolysis) is 1. The topological polar surface area (TPSA) is 182 Å². The number of hydrogen-bond donors (Lipinski definition) is 3. The smallest absolute Gasteiger partial charge is 0.408 e. The molecule has 3 N–H and O–H groups in total. The van der Waals surface area contributed by atoms with Crippen LogP contribution in [-0.2, 0) is 29.1 Å². The van der Waals surface area contributed by atoms with Crippen LogP contribution < -0.4 is 24.8 Å². The van der Waals surface area contributed by atoms with Gasteiger partial charge >= 0.3 is 6.09 Å². The van der Waals surface area contributed by atoms with E-state index in [1.807, 2.05) is 19.1 Å². The highest BCUT2D eigenvalue weighted by molar-refractivity contribution is 7.91. The van der Waals surface area contributed by atoms with Gasteiger partial charge in [0.05, 0.1) is 24.3 Å². The van der Waals surface area contributed by atoms with Gasteiger partial charge in [0.1, 0.15) is 41.4 Å². The minimum atomic E-state index is -3.92. The Morgan fingerprint density at radius 1 is 1.02 bits per heavy atom. The van der Waals surface area contributed by atoms with Gasteiger partial charge in [-0.1, -0.05) is 26.0 Å². The molecular formula is C40H50FN5O9S. The van der Waals surface area contributed by atoms with Gasteiger partial charge in [-0.05, 0) is 93.6 Å². The highest BCUT2D eigenvalue weighted by Crippen LogP contribution is 2.52. The Hall–Kier alpha value is -4.47. The lowest BCUT2D eigenvalue weighted by Gasteiger charge is -2.33. The first-order valence-corrected chi connectivity index (χ1v) is 21.4. The normalized spacial score (nSPS) is 34.8. The van der Waals surface area contributed by atoms with E-state index in [4.69, 9.17) is 14.2 Å². The first kappa shape index (κ1) is 38.4. The first-order valence-electron chi connectivity index (χ1n) is 19.9. The van der Waals surface area contributed by atoms with Crippen molar-refractivity contribution in [2.75, 3.05) is 13.7 Å². The molecule has 0 bridgehead atoms. The molecule has 5 fully saturated rings. The third kappa shape index (κ3) is 7.77. The van der Waals surface area contributed by atoms with Crippen molar-refractivity contribution in [2.45, 2.75) is 113 Å². The molecule has 10 atom stereocenters. The minimum absolute atomic E-state index is 0.0343. The zero-order chi connectivity index (χ0) is 39.5. The highest BCUT2D eigenvalue weighted by Gasteiger charge is 2.62. The van der Waals surface area contributed by atoms with Crippen molar-refractivity contribution in [3.8, 4) is 11.6 Å². The molecule has 6 aliphatic rings. The number of benzene rings is 1. The van der Waals surface area contributed by atoms with Crippen molar-refractivity contribution in [3.05, 3.63) is 42.4 Å². The molecule has 2 aromatic rings. The number of fused-ring (bicyclic) bond motifs is 4. The molecule has 0 radical (unpaired) electrons. The van der Waals surface area contributed by atoms with Gasteiger partial charge in [-0.15, -0.1) is 0 Å². The number of hydrogen-bond acceptors (Lipinski definition) is 10. The van der Waals surface area contributed by atoms with Gasteiger partial charge in [0.15, 0.2) is 0 Å². The van der Waals surface area contributed by atoms with Crippen LogP contribution in [0.2, 0.25) is 0 Å². The summed E-state index contributed by atoms with van der Waals surface area (Å²) in [4.78, 5) is 62.3. The lowest BCUT2D eigenvalue weighted by atomic mass is 9.88. The number of rotatable bonds is 8. The lowest BCUT2D eigenvalue weighted by molar-refractivity contribution is -0.142. The van der Waals surface area contributed by atoms with Crippen LogP contribution in [-0.4, -0.2) is 90.9 Å². The van der Waals surface area contributed by atoms with Crippen molar-refractivity contribution in [1.82, 2.24) is 25.2 Å². The number of aromatic nitrogens is 1. The molecule has 14 nitrogen and oxygen atoms in total. The fraction of sp³-hybridized carbons (Fsp3) is 0.625. The minimum Gasteiger partial charge on any atom is -0.496 e. The molecule has 56 heavy (non-hydrogen) atoms. The fourth-order valence-corrected chi connectivity index (χ4v) is 10.5. The molecule has 4 aliphatic carbocycles. The summed E-state index contributed by atoms with van der Waals surface area (Å²) in [5.41, 5.74) is -1.54. The fourth-order valence-electron chi connectivity index (χ4n) is 9.18. The van der Waals surface area contributed by atoms with Crippen LogP contribution in [0.5, 0.6) is 11.6 Å². The first-order chi connectivity index (χ1) is 26.7. The highest BCUT2D eigenvalue weighted by atomic mass is 32.2. The number of methoxy groups -OCH3 is 1. The summed E-state index contributed by atoms with van der Waals surface area (Å²) in [6.45, 7) is 3.88. The van der Waals surface area contributed by atoms with Crippen LogP contribution in [0.4, 0.5) is 9.18 Å². The van der Waals surface area contributed by atoms with E-state index in [0.717, 1.165) is 25.7 Å². The number of allylic oxidation sites excluding steroid dienone is 1. The number of carbonyl (C=O) groups is 4. The maximum absolute atomic E-state index is 14.8. The van der Waals surface area contributed by atoms with E-state index >= 15 is 0 Å². The molecule has 16 heteroatoms. The zero-order valence-corrected chi connectivity index (χ0v) is 32.7. The molecule has 2 aliphatic heterocycles. The summed E-state index contributed by atoms with van der Waals surface area (Å²) in [7, 11) is -2.50. The summed E-state index contributed by atoms with van der Waals surface area (Å²) < 4.78 is 60.3. The molecule has 302 valence electrons. The van der Waals surface area contributed by atoms with Crippen molar-refractivity contribution < 1.29 is 46.2 Å². The van der Waals surface area contributed by atoms with Crippen LogP contribution in [0, 0.1) is 35.4 Å². The summed E-state index contributed by atoms with van der Waals surface area (Å²) in [5.74, 6) is -1.72. The summed E-state index contributed by atoms with van der Waals surface area (Å²) in [6.07, 6.45) is 9.43. The van der Waals surface area contributed by atoms with Gasteiger partial charge in [0.25, 0.3) is 5.91 Å². The molecule has 3 heterocycles. The number of carbonyl (C=O) groups excluding carboxylic acids is 4. The second-order valence-corrected chi connectivity index (χ2v) is 18.9. The van der Waals surface area contributed by atoms with Gasteiger partial charge in [-0.25, -0.2) is 22.6 Å². The van der Waals surface area contributed by atoms with Crippen LogP contribution in [0.1, 0.15) is 78.1 Å². The Labute approximate surface area is 325 Å². The van der Waals surface area contributed by atoms with Gasteiger partial charge in [-0.2, -0.15) is 0 Å². The lowest BCUT2D eigenvalue weighted by Crippen LogP contribution is -2.59. The second-order valence-electron chi connectivity index (χ2n) is 16.9. The van der Waals surface area contributed by atoms with Crippen LogP contribution >= 0.6 is 0 Å². The number of ether oxygens (including phenoxy) is 3. The third-order valence-electron chi connectivity index (χ3n) is 12.6. The SMILES string of the molecule is COc1cc(F)cc2c(O[C@@H]3C[C@H]4C(=O)N[C@]5(C(=O)NS(=O)(=O)C6CC6)C[C@H]5/C=C\CC[C@@H](C)C[C@@H](C)[C@H](NC(=O)OC5C[C@@H]6C[C@@H]6C5)C(=O)N4C3)nccc12. The van der Waals surface area contributed by atoms with Crippen LogP contribution in [0.15, 0.2) is 36.5 Å². The Morgan fingerprint density at radius 2 is 1.79 bits per heavy atom. The Bertz CT molecular complexity index is 2050. The molecule has 1 saturated heterocycles. The molecule has 8 rings (SSSR count). The standard InChI is InChI=1S/C40H50FN5O9S/c1-21-6-4-5-7-25-19-40(25,38(49)45-56(51,52)29-8-9-29)44-35(47)32-18-28(54-36-31-16-26(41)17-33(53-3)30(31)10-11-42-36)20-46(32)37(48)34(22(2)12-21)43-39(50)55-27-14-23-13-24(23)15-27/h5,7,10-11,16-17,21-25,27-29,32,34H,4,6,8-9,12-15,18-20H2,1-3H3,(H,43,50)(H,44,47)(H,45,49)/b7-5-/t21-,22-,23-,24+,25-,27?,28-,32+,34+,40-/m1/s1. The van der Waals surface area contributed by atoms with E-state index in [9.17, 15) is 32.0 Å². The quantitative estimate of drug-likeness (QED) is 0.329. The maximum atomic E-state index is 14.8. The van der Waals surface area contributed by atoms with Gasteiger partial charge in [0, 0.05) is 30.0 Å². The number of amides is 4. The maximum Gasteiger partial charge on any atom is 0.408 e. The van der Waals surface area contributed by atoms with Crippen LogP contribution in [0.3, 0.4) is 0 Å². The van der Waals surface area contributed by atoms with Gasteiger partial charge in [0.2, 0.25) is 27.7 Å². The number of halogens is 1. The summed E-state index contributed by atoms with van der Waals surface area (Å²) in [6, 6.07) is 1.95. The average Bonchev–Trinajstić information content (AvgIpc) is 4.11. The largest absolute Gasteiger partial charge is 0.496 e. The van der Waals surface area contributed by atoms with E-state index in [-0.39, 0.29) is 49.0 Å². The Morgan fingerprint density at radius 3 is 2.52 bits per heavy atom. The summed E-state index contributed by atoms with van der Waals surface area (Å²) in [5, 5.41) is 5.97.